The summed E-state index contributed by atoms with van der Waals surface area (Å²) in [5.41, 5.74) is 1.04. The minimum atomic E-state index is -1.08. The fraction of sp³-hybridized carbons (Fsp3) is 0.615. The molecule has 2 amide bonds. The summed E-state index contributed by atoms with van der Waals surface area (Å²) in [7, 11) is 1.49. The number of amides is 2. The smallest absolute Gasteiger partial charge is 0.247 e. The lowest BCUT2D eigenvalue weighted by molar-refractivity contribution is -0.139. The van der Waals surface area contributed by atoms with Crippen LogP contribution in [-0.4, -0.2) is 77.1 Å². The Balaban J connectivity index is 1.97. The lowest BCUT2D eigenvalue weighted by atomic mass is 9.87. The van der Waals surface area contributed by atoms with Gasteiger partial charge in [-0.1, -0.05) is 13.8 Å². The normalized spacial score (nSPS) is 21.7. The number of ether oxygens (including phenoxy) is 2. The third-order valence-corrected chi connectivity index (χ3v) is 7.20. The summed E-state index contributed by atoms with van der Waals surface area (Å²) in [5, 5.41) is 32.9. The number of carbonyl (C=O) groups is 2. The highest BCUT2D eigenvalue weighted by molar-refractivity contribution is 14.1. The topological polar surface area (TPSA) is 129 Å². The summed E-state index contributed by atoms with van der Waals surface area (Å²) in [6.07, 6.45) is 2.21. The molecule has 200 valence electrons. The maximum absolute atomic E-state index is 13.3. The van der Waals surface area contributed by atoms with Gasteiger partial charge in [0, 0.05) is 31.5 Å². The molecule has 1 fully saturated rings. The summed E-state index contributed by atoms with van der Waals surface area (Å²) >= 11 is 2.08. The molecule has 1 aromatic rings. The molecule has 0 saturated heterocycles. The summed E-state index contributed by atoms with van der Waals surface area (Å²) < 4.78 is 12.4. The first kappa shape index (κ1) is 28.7. The standard InChI is InChI=1S/C26H37IN2O7/c1-15(2)8-23(32)29(13-16-4-5-16)20-11-18(26(34)28-6-7-30)12-21(24(20)33)36-25-19(27)9-17(14-31)10-22(25)35-3/h9-10,12,15-16,20-21,24,30-31,33H,4-8,11,13-14H2,1-3H3,(H,28,34). The van der Waals surface area contributed by atoms with E-state index in [9.17, 15) is 19.8 Å². The fourth-order valence-corrected chi connectivity index (χ4v) is 5.15. The second-order valence-corrected chi connectivity index (χ2v) is 11.0. The number of aliphatic hydroxyl groups is 3. The SMILES string of the molecule is COc1cc(CO)cc(I)c1OC1C=C(C(=O)NCCO)CC(N(CC2CC2)C(=O)CC(C)C)C1O. The van der Waals surface area contributed by atoms with Crippen LogP contribution in [0.25, 0.3) is 0 Å². The van der Waals surface area contributed by atoms with E-state index < -0.39 is 18.2 Å². The summed E-state index contributed by atoms with van der Waals surface area (Å²) in [4.78, 5) is 27.9. The Labute approximate surface area is 226 Å². The maximum Gasteiger partial charge on any atom is 0.247 e. The van der Waals surface area contributed by atoms with E-state index in [1.807, 2.05) is 13.8 Å². The monoisotopic (exact) mass is 616 g/mol. The van der Waals surface area contributed by atoms with Crippen LogP contribution in [-0.2, 0) is 16.2 Å². The van der Waals surface area contributed by atoms with Gasteiger partial charge < -0.3 is 35.0 Å². The van der Waals surface area contributed by atoms with Crippen molar-refractivity contribution in [2.45, 2.75) is 64.4 Å². The Morgan fingerprint density at radius 3 is 2.56 bits per heavy atom. The molecule has 9 nitrogen and oxygen atoms in total. The first-order valence-electron chi connectivity index (χ1n) is 12.4. The van der Waals surface area contributed by atoms with Crippen molar-refractivity contribution >= 4 is 34.4 Å². The van der Waals surface area contributed by atoms with Gasteiger partial charge in [0.2, 0.25) is 11.8 Å². The van der Waals surface area contributed by atoms with Crippen LogP contribution < -0.4 is 14.8 Å². The molecule has 0 bridgehead atoms. The minimum absolute atomic E-state index is 0.0452. The lowest BCUT2D eigenvalue weighted by Gasteiger charge is -2.41. The van der Waals surface area contributed by atoms with E-state index in [2.05, 4.69) is 27.9 Å². The Hall–Kier alpha value is -1.89. The number of hydrogen-bond donors (Lipinski definition) is 4. The highest BCUT2D eigenvalue weighted by Crippen LogP contribution is 2.38. The Kier molecular flexibility index (Phi) is 10.4. The molecule has 10 heteroatoms. The predicted octanol–water partition coefficient (Wildman–Crippen LogP) is 1.99. The zero-order chi connectivity index (χ0) is 26.4. The van der Waals surface area contributed by atoms with Gasteiger partial charge in [0.15, 0.2) is 11.5 Å². The van der Waals surface area contributed by atoms with Crippen LogP contribution in [0.5, 0.6) is 11.5 Å². The zero-order valence-corrected chi connectivity index (χ0v) is 23.2. The number of halogens is 1. The summed E-state index contributed by atoms with van der Waals surface area (Å²) in [6, 6.07) is 2.78. The number of rotatable bonds is 12. The van der Waals surface area contributed by atoms with Gasteiger partial charge in [-0.05, 0) is 71.0 Å². The van der Waals surface area contributed by atoms with Crippen LogP contribution in [0.2, 0.25) is 0 Å². The predicted molar refractivity (Wildman–Crippen MR) is 143 cm³/mol. The first-order valence-corrected chi connectivity index (χ1v) is 13.5. The molecular weight excluding hydrogens is 579 g/mol. The fourth-order valence-electron chi connectivity index (χ4n) is 4.36. The van der Waals surface area contributed by atoms with E-state index in [-0.39, 0.29) is 43.9 Å². The largest absolute Gasteiger partial charge is 0.493 e. The van der Waals surface area contributed by atoms with E-state index in [1.54, 1.807) is 23.1 Å². The third kappa shape index (κ3) is 7.33. The van der Waals surface area contributed by atoms with E-state index >= 15 is 0 Å². The van der Waals surface area contributed by atoms with Gasteiger partial charge in [0.05, 0.1) is 29.9 Å². The minimum Gasteiger partial charge on any atom is -0.493 e. The number of benzene rings is 1. The van der Waals surface area contributed by atoms with Crippen LogP contribution in [0.1, 0.15) is 45.1 Å². The molecule has 0 spiro atoms. The lowest BCUT2D eigenvalue weighted by Crippen LogP contribution is -2.55. The van der Waals surface area contributed by atoms with Gasteiger partial charge >= 0.3 is 0 Å². The number of nitrogens with zero attached hydrogens (tertiary/aromatic N) is 1. The number of carbonyl (C=O) groups excluding carboxylic acids is 2. The number of hydrogen-bond acceptors (Lipinski definition) is 7. The van der Waals surface area contributed by atoms with E-state index in [0.29, 0.717) is 45.1 Å². The van der Waals surface area contributed by atoms with Crippen molar-refractivity contribution in [3.05, 3.63) is 32.9 Å². The van der Waals surface area contributed by atoms with Crippen LogP contribution in [0.15, 0.2) is 23.8 Å². The molecule has 3 atom stereocenters. The van der Waals surface area contributed by atoms with Gasteiger partial charge in [-0.15, -0.1) is 0 Å². The number of nitrogens with one attached hydrogen (secondary N) is 1. The van der Waals surface area contributed by atoms with Crippen molar-refractivity contribution in [3.8, 4) is 11.5 Å². The van der Waals surface area contributed by atoms with Gasteiger partial charge in [-0.25, -0.2) is 0 Å². The Bertz CT molecular complexity index is 964. The molecule has 2 aliphatic rings. The number of aliphatic hydroxyl groups excluding tert-OH is 3. The second kappa shape index (κ2) is 13.1. The van der Waals surface area contributed by atoms with Gasteiger partial charge in [0.25, 0.3) is 0 Å². The van der Waals surface area contributed by atoms with Gasteiger partial charge in [-0.2, -0.15) is 0 Å². The molecule has 36 heavy (non-hydrogen) atoms. The molecule has 0 radical (unpaired) electrons. The molecule has 2 aliphatic carbocycles. The molecule has 0 heterocycles. The zero-order valence-electron chi connectivity index (χ0n) is 21.1. The summed E-state index contributed by atoms with van der Waals surface area (Å²) in [5.74, 6) is 0.924. The van der Waals surface area contributed by atoms with E-state index in [0.717, 1.165) is 12.8 Å². The van der Waals surface area contributed by atoms with E-state index in [1.165, 1.54) is 7.11 Å². The molecular formula is C26H37IN2O7. The van der Waals surface area contributed by atoms with Crippen LogP contribution in [0.3, 0.4) is 0 Å². The van der Waals surface area contributed by atoms with Crippen molar-refractivity contribution in [2.75, 3.05) is 26.8 Å². The maximum atomic E-state index is 13.3. The average molecular weight is 616 g/mol. The molecule has 4 N–H and O–H groups in total. The highest BCUT2D eigenvalue weighted by Gasteiger charge is 2.42. The van der Waals surface area contributed by atoms with Gasteiger partial charge in [-0.3, -0.25) is 9.59 Å². The highest BCUT2D eigenvalue weighted by atomic mass is 127. The van der Waals surface area contributed by atoms with E-state index in [4.69, 9.17) is 14.6 Å². The Morgan fingerprint density at radius 1 is 1.25 bits per heavy atom. The molecule has 0 aromatic heterocycles. The molecule has 1 aromatic carbocycles. The van der Waals surface area contributed by atoms with Gasteiger partial charge in [0.1, 0.15) is 12.2 Å². The molecule has 3 unspecified atom stereocenters. The number of methoxy groups -OCH3 is 1. The Morgan fingerprint density at radius 2 is 1.97 bits per heavy atom. The van der Waals surface area contributed by atoms with Crippen molar-refractivity contribution in [3.63, 3.8) is 0 Å². The molecule has 0 aliphatic heterocycles. The molecule has 3 rings (SSSR count). The van der Waals surface area contributed by atoms with Crippen LogP contribution >= 0.6 is 22.6 Å². The first-order chi connectivity index (χ1) is 17.2. The third-order valence-electron chi connectivity index (χ3n) is 6.40. The van der Waals surface area contributed by atoms with Crippen LogP contribution in [0.4, 0.5) is 0 Å². The van der Waals surface area contributed by atoms with Crippen LogP contribution in [0, 0.1) is 15.4 Å². The quantitative estimate of drug-likeness (QED) is 0.265. The summed E-state index contributed by atoms with van der Waals surface area (Å²) in [6.45, 7) is 4.24. The second-order valence-electron chi connectivity index (χ2n) is 9.87. The van der Waals surface area contributed by atoms with Crippen molar-refractivity contribution in [1.82, 2.24) is 10.2 Å². The van der Waals surface area contributed by atoms with Crippen molar-refractivity contribution in [1.29, 1.82) is 0 Å². The van der Waals surface area contributed by atoms with Crippen molar-refractivity contribution in [2.24, 2.45) is 11.8 Å². The average Bonchev–Trinajstić information content (AvgIpc) is 3.67. The van der Waals surface area contributed by atoms with Crippen molar-refractivity contribution < 1.29 is 34.4 Å². The molecule has 1 saturated carbocycles.